The molecule has 22 heavy (non-hydrogen) atoms. The van der Waals surface area contributed by atoms with Gasteiger partial charge in [-0.3, -0.25) is 9.59 Å². The number of benzene rings is 1. The van der Waals surface area contributed by atoms with E-state index in [9.17, 15) is 9.59 Å². The first-order valence-corrected chi connectivity index (χ1v) is 7.00. The van der Waals surface area contributed by atoms with Crippen molar-refractivity contribution in [2.24, 2.45) is 5.73 Å². The maximum absolute atomic E-state index is 12.3. The number of hydrogen-bond donors (Lipinski definition) is 3. The zero-order chi connectivity index (χ0) is 15.5. The Morgan fingerprint density at radius 2 is 1.86 bits per heavy atom. The first-order valence-electron chi connectivity index (χ1n) is 7.00. The summed E-state index contributed by atoms with van der Waals surface area (Å²) in [5.41, 5.74) is 6.43. The van der Waals surface area contributed by atoms with E-state index in [0.29, 0.717) is 30.0 Å². The topological polar surface area (TPSA) is 93.4 Å². The lowest BCUT2D eigenvalue weighted by Crippen LogP contribution is -2.48. The van der Waals surface area contributed by atoms with Crippen LogP contribution in [0.3, 0.4) is 0 Å². The van der Waals surface area contributed by atoms with Crippen LogP contribution >= 0.6 is 12.4 Å². The summed E-state index contributed by atoms with van der Waals surface area (Å²) in [6.45, 7) is 1.41. The summed E-state index contributed by atoms with van der Waals surface area (Å²) in [5, 5.41) is 5.49. The van der Waals surface area contributed by atoms with Gasteiger partial charge in [-0.2, -0.15) is 0 Å². The van der Waals surface area contributed by atoms with Gasteiger partial charge in [-0.25, -0.2) is 0 Å². The van der Waals surface area contributed by atoms with Gasteiger partial charge in [0.05, 0.1) is 18.3 Å². The van der Waals surface area contributed by atoms with Gasteiger partial charge in [-0.1, -0.05) is 12.8 Å². The molecular formula is C15H22ClN3O3. The lowest BCUT2D eigenvalue weighted by atomic mass is 9.98. The van der Waals surface area contributed by atoms with E-state index in [1.807, 2.05) is 0 Å². The number of rotatable bonds is 4. The zero-order valence-electron chi connectivity index (χ0n) is 12.8. The van der Waals surface area contributed by atoms with Gasteiger partial charge in [-0.05, 0) is 31.0 Å². The minimum Gasteiger partial charge on any atom is -0.495 e. The number of nitrogens with one attached hydrogen (secondary N) is 2. The standard InChI is InChI=1S/C15H21N3O3.ClH/c1-10(19)17-12-9-11(5-6-13(12)21-2)18-14(20)15(16)7-3-4-8-15;/h5-6,9H,3-4,7-8,16H2,1-2H3,(H,17,19)(H,18,20);1H. The smallest absolute Gasteiger partial charge is 0.244 e. The molecule has 0 spiro atoms. The molecule has 0 bridgehead atoms. The van der Waals surface area contributed by atoms with Crippen LogP contribution < -0.4 is 21.1 Å². The lowest BCUT2D eigenvalue weighted by molar-refractivity contribution is -0.121. The minimum atomic E-state index is -0.784. The molecule has 1 saturated carbocycles. The predicted molar refractivity (Wildman–Crippen MR) is 88.6 cm³/mol. The second kappa shape index (κ2) is 7.47. The third-order valence-electron chi connectivity index (χ3n) is 3.72. The van der Waals surface area contributed by atoms with Crippen LogP contribution in [0.4, 0.5) is 11.4 Å². The highest BCUT2D eigenvalue weighted by molar-refractivity contribution is 5.99. The molecule has 0 aromatic heterocycles. The summed E-state index contributed by atoms with van der Waals surface area (Å²) >= 11 is 0. The van der Waals surface area contributed by atoms with Crippen LogP contribution in [0.1, 0.15) is 32.6 Å². The number of ether oxygens (including phenoxy) is 1. The zero-order valence-corrected chi connectivity index (χ0v) is 13.6. The number of hydrogen-bond acceptors (Lipinski definition) is 4. The molecular weight excluding hydrogens is 306 g/mol. The fraction of sp³-hybridized carbons (Fsp3) is 0.467. The van der Waals surface area contributed by atoms with Crippen molar-refractivity contribution in [3.63, 3.8) is 0 Å². The van der Waals surface area contributed by atoms with E-state index < -0.39 is 5.54 Å². The first-order chi connectivity index (χ1) is 9.94. The first kappa shape index (κ1) is 18.3. The van der Waals surface area contributed by atoms with Crippen molar-refractivity contribution in [2.45, 2.75) is 38.1 Å². The van der Waals surface area contributed by atoms with Gasteiger partial charge < -0.3 is 21.1 Å². The van der Waals surface area contributed by atoms with Crippen LogP contribution in [0.5, 0.6) is 5.75 Å². The van der Waals surface area contributed by atoms with Crippen LogP contribution in [-0.4, -0.2) is 24.5 Å². The van der Waals surface area contributed by atoms with Crippen molar-refractivity contribution >= 4 is 35.6 Å². The fourth-order valence-corrected chi connectivity index (χ4v) is 2.56. The molecule has 7 heteroatoms. The van der Waals surface area contributed by atoms with Crippen LogP contribution in [0, 0.1) is 0 Å². The third-order valence-corrected chi connectivity index (χ3v) is 3.72. The molecule has 1 fully saturated rings. The second-order valence-corrected chi connectivity index (χ2v) is 5.41. The molecule has 0 atom stereocenters. The molecule has 0 heterocycles. The molecule has 2 rings (SSSR count). The van der Waals surface area contributed by atoms with Gasteiger partial charge in [-0.15, -0.1) is 12.4 Å². The Bertz CT molecular complexity index is 557. The Hall–Kier alpha value is -1.79. The largest absolute Gasteiger partial charge is 0.495 e. The highest BCUT2D eigenvalue weighted by Gasteiger charge is 2.37. The van der Waals surface area contributed by atoms with Gasteiger partial charge in [0, 0.05) is 12.6 Å². The van der Waals surface area contributed by atoms with Crippen molar-refractivity contribution in [1.82, 2.24) is 0 Å². The quantitative estimate of drug-likeness (QED) is 0.791. The molecule has 4 N–H and O–H groups in total. The Balaban J connectivity index is 0.00000242. The van der Waals surface area contributed by atoms with E-state index in [-0.39, 0.29) is 24.2 Å². The predicted octanol–water partition coefficient (Wildman–Crippen LogP) is 2.29. The normalized spacial score (nSPS) is 15.6. The summed E-state index contributed by atoms with van der Waals surface area (Å²) in [6, 6.07) is 5.08. The lowest BCUT2D eigenvalue weighted by Gasteiger charge is -2.22. The number of methoxy groups -OCH3 is 1. The van der Waals surface area contributed by atoms with Crippen LogP contribution in [0.15, 0.2) is 18.2 Å². The van der Waals surface area contributed by atoms with Gasteiger partial charge in [0.2, 0.25) is 11.8 Å². The SMILES string of the molecule is COc1ccc(NC(=O)C2(N)CCCC2)cc1NC(C)=O.Cl. The van der Waals surface area contributed by atoms with Crippen molar-refractivity contribution in [3.05, 3.63) is 18.2 Å². The number of nitrogens with two attached hydrogens (primary N) is 1. The van der Waals surface area contributed by atoms with Crippen LogP contribution in [-0.2, 0) is 9.59 Å². The molecule has 6 nitrogen and oxygen atoms in total. The van der Waals surface area contributed by atoms with E-state index in [1.54, 1.807) is 18.2 Å². The Morgan fingerprint density at radius 3 is 2.41 bits per heavy atom. The highest BCUT2D eigenvalue weighted by atomic mass is 35.5. The monoisotopic (exact) mass is 327 g/mol. The fourth-order valence-electron chi connectivity index (χ4n) is 2.56. The van der Waals surface area contributed by atoms with Gasteiger partial charge in [0.25, 0.3) is 0 Å². The highest BCUT2D eigenvalue weighted by Crippen LogP contribution is 2.31. The second-order valence-electron chi connectivity index (χ2n) is 5.41. The van der Waals surface area contributed by atoms with E-state index in [0.717, 1.165) is 12.8 Å². The maximum Gasteiger partial charge on any atom is 0.244 e. The van der Waals surface area contributed by atoms with Crippen molar-refractivity contribution in [1.29, 1.82) is 0 Å². The summed E-state index contributed by atoms with van der Waals surface area (Å²) in [7, 11) is 1.52. The average Bonchev–Trinajstić information content (AvgIpc) is 2.87. The summed E-state index contributed by atoms with van der Waals surface area (Å²) in [4.78, 5) is 23.5. The number of carbonyl (C=O) groups is 2. The summed E-state index contributed by atoms with van der Waals surface area (Å²) in [6.07, 6.45) is 3.36. The molecule has 0 aliphatic heterocycles. The molecule has 0 unspecified atom stereocenters. The Kier molecular flexibility index (Phi) is 6.20. The summed E-state index contributed by atoms with van der Waals surface area (Å²) in [5.74, 6) is 0.147. The van der Waals surface area contributed by atoms with Gasteiger partial charge in [0.1, 0.15) is 5.75 Å². The van der Waals surface area contributed by atoms with E-state index in [4.69, 9.17) is 10.5 Å². The van der Waals surface area contributed by atoms with Crippen LogP contribution in [0.25, 0.3) is 0 Å². The van der Waals surface area contributed by atoms with Crippen molar-refractivity contribution in [2.75, 3.05) is 17.7 Å². The Labute approximate surface area is 136 Å². The number of carbonyl (C=O) groups excluding carboxylic acids is 2. The number of amides is 2. The number of halogens is 1. The van der Waals surface area contributed by atoms with E-state index in [2.05, 4.69) is 10.6 Å². The average molecular weight is 328 g/mol. The molecule has 1 aliphatic carbocycles. The van der Waals surface area contributed by atoms with Gasteiger partial charge >= 0.3 is 0 Å². The third kappa shape index (κ3) is 4.11. The van der Waals surface area contributed by atoms with E-state index in [1.165, 1.54) is 14.0 Å². The molecule has 0 radical (unpaired) electrons. The molecule has 1 aromatic carbocycles. The number of anilines is 2. The Morgan fingerprint density at radius 1 is 1.23 bits per heavy atom. The molecule has 0 saturated heterocycles. The van der Waals surface area contributed by atoms with Crippen molar-refractivity contribution < 1.29 is 14.3 Å². The molecule has 1 aliphatic rings. The van der Waals surface area contributed by atoms with Gasteiger partial charge in [0.15, 0.2) is 0 Å². The summed E-state index contributed by atoms with van der Waals surface area (Å²) < 4.78 is 5.17. The molecule has 122 valence electrons. The molecule has 1 aromatic rings. The minimum absolute atomic E-state index is 0. The van der Waals surface area contributed by atoms with Crippen molar-refractivity contribution in [3.8, 4) is 5.75 Å². The maximum atomic E-state index is 12.3. The van der Waals surface area contributed by atoms with Crippen LogP contribution in [0.2, 0.25) is 0 Å². The molecule has 2 amide bonds. The van der Waals surface area contributed by atoms with E-state index >= 15 is 0 Å².